The van der Waals surface area contributed by atoms with Gasteiger partial charge in [0.25, 0.3) is 5.91 Å². The van der Waals surface area contributed by atoms with Crippen LogP contribution in [-0.4, -0.2) is 36.3 Å². The number of likely N-dealkylation sites (tertiary alicyclic amines) is 1. The zero-order valence-corrected chi connectivity index (χ0v) is 17.7. The number of benzene rings is 1. The molecular weight excluding hydrogens is 376 g/mol. The van der Waals surface area contributed by atoms with Crippen molar-refractivity contribution in [2.45, 2.75) is 56.8 Å². The van der Waals surface area contributed by atoms with Crippen molar-refractivity contribution >= 4 is 11.8 Å². The van der Waals surface area contributed by atoms with Crippen LogP contribution in [0.5, 0.6) is 0 Å². The summed E-state index contributed by atoms with van der Waals surface area (Å²) in [4.78, 5) is 27.2. The van der Waals surface area contributed by atoms with E-state index in [4.69, 9.17) is 4.42 Å². The summed E-state index contributed by atoms with van der Waals surface area (Å²) < 4.78 is 5.54. The normalized spacial score (nSPS) is 22.2. The van der Waals surface area contributed by atoms with E-state index in [0.29, 0.717) is 18.1 Å². The van der Waals surface area contributed by atoms with Gasteiger partial charge in [0, 0.05) is 26.1 Å². The number of piperidine rings is 1. The molecule has 158 valence electrons. The second kappa shape index (κ2) is 7.60. The standard InChI is InChI=1S/C25H30N2O3/c1-17-6-9-22(30-17)24(29)27-12-10-25(11-13-27)15-19(20-4-2-3-5-21(20)25)14-23(28)26-16-18-7-8-18/h2-6,9,18-19H,7-8,10-16H2,1H3,(H,26,28)/t19-/m0/s1. The fourth-order valence-corrected chi connectivity index (χ4v) is 5.40. The molecule has 5 nitrogen and oxygen atoms in total. The Kier molecular flexibility index (Phi) is 4.92. The number of carbonyl (C=O) groups excluding carboxylic acids is 2. The zero-order valence-electron chi connectivity index (χ0n) is 17.7. The lowest BCUT2D eigenvalue weighted by Crippen LogP contribution is -2.44. The lowest BCUT2D eigenvalue weighted by molar-refractivity contribution is -0.121. The molecule has 2 heterocycles. The maximum Gasteiger partial charge on any atom is 0.289 e. The predicted molar refractivity (Wildman–Crippen MR) is 114 cm³/mol. The predicted octanol–water partition coefficient (Wildman–Crippen LogP) is 4.17. The van der Waals surface area contributed by atoms with Crippen LogP contribution in [0.1, 0.15) is 71.9 Å². The van der Waals surface area contributed by atoms with Gasteiger partial charge in [0.15, 0.2) is 5.76 Å². The summed E-state index contributed by atoms with van der Waals surface area (Å²) in [6.07, 6.45) is 5.96. The lowest BCUT2D eigenvalue weighted by atomic mass is 9.73. The fourth-order valence-electron chi connectivity index (χ4n) is 5.40. The van der Waals surface area contributed by atoms with E-state index in [1.165, 1.54) is 24.0 Å². The monoisotopic (exact) mass is 406 g/mol. The van der Waals surface area contributed by atoms with Gasteiger partial charge in [-0.05, 0) is 79.5 Å². The van der Waals surface area contributed by atoms with Gasteiger partial charge in [-0.25, -0.2) is 0 Å². The topological polar surface area (TPSA) is 62.6 Å². The van der Waals surface area contributed by atoms with Crippen LogP contribution < -0.4 is 5.32 Å². The van der Waals surface area contributed by atoms with Crippen molar-refractivity contribution < 1.29 is 14.0 Å². The number of rotatable bonds is 5. The van der Waals surface area contributed by atoms with E-state index in [1.54, 1.807) is 6.07 Å². The van der Waals surface area contributed by atoms with E-state index >= 15 is 0 Å². The van der Waals surface area contributed by atoms with E-state index < -0.39 is 0 Å². The Hall–Kier alpha value is -2.56. The van der Waals surface area contributed by atoms with Gasteiger partial charge in [-0.3, -0.25) is 9.59 Å². The van der Waals surface area contributed by atoms with Crippen LogP contribution in [0.25, 0.3) is 0 Å². The maximum absolute atomic E-state index is 12.8. The first-order valence-electron chi connectivity index (χ1n) is 11.3. The second-order valence-corrected chi connectivity index (χ2v) is 9.42. The van der Waals surface area contributed by atoms with Gasteiger partial charge in [-0.1, -0.05) is 24.3 Å². The van der Waals surface area contributed by atoms with E-state index in [0.717, 1.165) is 44.7 Å². The summed E-state index contributed by atoms with van der Waals surface area (Å²) in [6, 6.07) is 12.2. The summed E-state index contributed by atoms with van der Waals surface area (Å²) in [5, 5.41) is 3.13. The molecule has 30 heavy (non-hydrogen) atoms. The van der Waals surface area contributed by atoms with Gasteiger partial charge in [0.1, 0.15) is 5.76 Å². The third-order valence-corrected chi connectivity index (χ3v) is 7.28. The van der Waals surface area contributed by atoms with E-state index in [-0.39, 0.29) is 23.1 Å². The number of nitrogens with one attached hydrogen (secondary N) is 1. The molecule has 2 amide bonds. The van der Waals surface area contributed by atoms with Gasteiger partial charge >= 0.3 is 0 Å². The third kappa shape index (κ3) is 3.66. The van der Waals surface area contributed by atoms with Crippen LogP contribution in [-0.2, 0) is 10.2 Å². The number of nitrogens with zero attached hydrogens (tertiary/aromatic N) is 1. The highest BCUT2D eigenvalue weighted by Crippen LogP contribution is 2.52. The van der Waals surface area contributed by atoms with Crippen molar-refractivity contribution in [3.05, 3.63) is 59.0 Å². The number of furan rings is 1. The Balaban J connectivity index is 1.27. The first kappa shape index (κ1) is 19.4. The number of carbonyl (C=O) groups is 2. The molecule has 5 heteroatoms. The molecule has 2 aliphatic carbocycles. The highest BCUT2D eigenvalue weighted by molar-refractivity contribution is 5.91. The third-order valence-electron chi connectivity index (χ3n) is 7.28. The first-order chi connectivity index (χ1) is 14.5. The minimum Gasteiger partial charge on any atom is -0.456 e. The molecule has 5 rings (SSSR count). The summed E-state index contributed by atoms with van der Waals surface area (Å²) in [5.41, 5.74) is 2.81. The molecule has 2 fully saturated rings. The van der Waals surface area contributed by atoms with Crippen LogP contribution in [0, 0.1) is 12.8 Å². The number of amides is 2. The molecule has 1 spiro atoms. The van der Waals surface area contributed by atoms with Crippen LogP contribution in [0.15, 0.2) is 40.8 Å². The molecule has 2 aromatic rings. The summed E-state index contributed by atoms with van der Waals surface area (Å²) in [7, 11) is 0. The highest BCUT2D eigenvalue weighted by atomic mass is 16.3. The van der Waals surface area contributed by atoms with Crippen molar-refractivity contribution in [3.8, 4) is 0 Å². The Labute approximate surface area is 177 Å². The van der Waals surface area contributed by atoms with Gasteiger partial charge in [0.05, 0.1) is 0 Å². The average Bonchev–Trinajstić information content (AvgIpc) is 3.43. The molecule has 3 aliphatic rings. The maximum atomic E-state index is 12.8. The highest BCUT2D eigenvalue weighted by Gasteiger charge is 2.46. The number of fused-ring (bicyclic) bond motifs is 2. The Morgan fingerprint density at radius 2 is 1.90 bits per heavy atom. The SMILES string of the molecule is Cc1ccc(C(=O)N2CCC3(CC2)C[C@H](CC(=O)NCC2CC2)c2ccccc23)o1. The van der Waals surface area contributed by atoms with E-state index in [1.807, 2.05) is 17.9 Å². The van der Waals surface area contributed by atoms with Crippen LogP contribution in [0.2, 0.25) is 0 Å². The molecule has 1 saturated heterocycles. The van der Waals surface area contributed by atoms with Crippen molar-refractivity contribution in [3.63, 3.8) is 0 Å². The van der Waals surface area contributed by atoms with Crippen molar-refractivity contribution in [1.82, 2.24) is 10.2 Å². The molecular formula is C25H30N2O3. The Morgan fingerprint density at radius 3 is 2.60 bits per heavy atom. The zero-order chi connectivity index (χ0) is 20.7. The lowest BCUT2D eigenvalue weighted by Gasteiger charge is -2.40. The fraction of sp³-hybridized carbons (Fsp3) is 0.520. The smallest absolute Gasteiger partial charge is 0.289 e. The van der Waals surface area contributed by atoms with Gasteiger partial charge in [0.2, 0.25) is 5.91 Å². The molecule has 1 atom stereocenters. The summed E-state index contributed by atoms with van der Waals surface area (Å²) in [6.45, 7) is 4.15. The second-order valence-electron chi connectivity index (χ2n) is 9.42. The van der Waals surface area contributed by atoms with Crippen LogP contribution >= 0.6 is 0 Å². The molecule has 0 unspecified atom stereocenters. The average molecular weight is 407 g/mol. The molecule has 1 saturated carbocycles. The molecule has 1 aliphatic heterocycles. The summed E-state index contributed by atoms with van der Waals surface area (Å²) >= 11 is 0. The van der Waals surface area contributed by atoms with Gasteiger partial charge < -0.3 is 14.6 Å². The largest absolute Gasteiger partial charge is 0.456 e. The minimum atomic E-state index is -0.0137. The van der Waals surface area contributed by atoms with Crippen molar-refractivity contribution in [2.24, 2.45) is 5.92 Å². The molecule has 1 aromatic carbocycles. The number of aryl methyl sites for hydroxylation is 1. The Bertz CT molecular complexity index is 951. The van der Waals surface area contributed by atoms with Crippen molar-refractivity contribution in [2.75, 3.05) is 19.6 Å². The minimum absolute atomic E-state index is 0.0137. The number of hydrogen-bond donors (Lipinski definition) is 1. The summed E-state index contributed by atoms with van der Waals surface area (Å²) in [5.74, 6) is 2.34. The van der Waals surface area contributed by atoms with Crippen LogP contribution in [0.4, 0.5) is 0 Å². The first-order valence-corrected chi connectivity index (χ1v) is 11.3. The van der Waals surface area contributed by atoms with Crippen LogP contribution in [0.3, 0.4) is 0 Å². The quantitative estimate of drug-likeness (QED) is 0.811. The molecule has 1 aromatic heterocycles. The molecule has 0 bridgehead atoms. The van der Waals surface area contributed by atoms with Gasteiger partial charge in [-0.15, -0.1) is 0 Å². The van der Waals surface area contributed by atoms with Gasteiger partial charge in [-0.2, -0.15) is 0 Å². The molecule has 1 N–H and O–H groups in total. The van der Waals surface area contributed by atoms with E-state index in [9.17, 15) is 9.59 Å². The van der Waals surface area contributed by atoms with E-state index in [2.05, 4.69) is 29.6 Å². The molecule has 0 radical (unpaired) electrons. The van der Waals surface area contributed by atoms with Crippen molar-refractivity contribution in [1.29, 1.82) is 0 Å². The Morgan fingerprint density at radius 1 is 1.13 bits per heavy atom. The number of hydrogen-bond acceptors (Lipinski definition) is 3.